The fourth-order valence-corrected chi connectivity index (χ4v) is 9.46. The van der Waals surface area contributed by atoms with Crippen LogP contribution in [0.25, 0.3) is 0 Å². The van der Waals surface area contributed by atoms with Gasteiger partial charge in [-0.05, 0) is 24.3 Å². The van der Waals surface area contributed by atoms with E-state index in [2.05, 4.69) is 21.3 Å². The highest BCUT2D eigenvalue weighted by Crippen LogP contribution is 2.43. The number of hydrogen-bond acceptors (Lipinski definition) is 24. The fourth-order valence-electron chi connectivity index (χ4n) is 9.46. The number of hydrogen-bond donors (Lipinski definition) is 15. The number of morpholine rings is 2. The van der Waals surface area contributed by atoms with Crippen molar-refractivity contribution in [3.8, 4) is 11.5 Å². The summed E-state index contributed by atoms with van der Waals surface area (Å²) < 4.78 is 52.7. The van der Waals surface area contributed by atoms with Crippen molar-refractivity contribution in [2.45, 2.75) is 161 Å². The molecule has 2 spiro atoms. The third-order valence-electron chi connectivity index (χ3n) is 12.9. The maximum Gasteiger partial charge on any atom is 0.280 e. The van der Waals surface area contributed by atoms with Crippen LogP contribution in [0.3, 0.4) is 0 Å². The van der Waals surface area contributed by atoms with Gasteiger partial charge >= 0.3 is 0 Å². The summed E-state index contributed by atoms with van der Waals surface area (Å²) in [6, 6.07) is 1.75. The highest BCUT2D eigenvalue weighted by molar-refractivity contribution is 5.86. The van der Waals surface area contributed by atoms with E-state index in [9.17, 15) is 75.3 Å². The summed E-state index contributed by atoms with van der Waals surface area (Å²) in [7, 11) is 1.46. The van der Waals surface area contributed by atoms with Crippen LogP contribution < -0.4 is 30.7 Å². The second-order valence-electron chi connectivity index (χ2n) is 17.7. The molecule has 6 aliphatic heterocycles. The lowest BCUT2D eigenvalue weighted by atomic mass is 9.85. The predicted molar refractivity (Wildman–Crippen MR) is 219 cm³/mol. The van der Waals surface area contributed by atoms with E-state index < -0.39 is 197 Å². The number of amides is 4. The van der Waals surface area contributed by atoms with Crippen LogP contribution in [0.5, 0.6) is 11.5 Å². The van der Waals surface area contributed by atoms with Crippen LogP contribution in [0.15, 0.2) is 24.3 Å². The molecule has 4 amide bonds. The van der Waals surface area contributed by atoms with Crippen LogP contribution in [0.2, 0.25) is 0 Å². The summed E-state index contributed by atoms with van der Waals surface area (Å²) in [6.45, 7) is -1.04. The van der Waals surface area contributed by atoms with Crippen molar-refractivity contribution in [3.63, 3.8) is 0 Å². The van der Waals surface area contributed by atoms with Gasteiger partial charge in [-0.1, -0.05) is 0 Å². The van der Waals surface area contributed by atoms with E-state index in [1.165, 1.54) is 19.2 Å². The van der Waals surface area contributed by atoms with Gasteiger partial charge in [-0.3, -0.25) is 19.2 Å². The maximum absolute atomic E-state index is 14.1. The summed E-state index contributed by atoms with van der Waals surface area (Å²) in [5.41, 5.74) is 0. The number of fused-ring (bicyclic) bond motifs is 1. The molecule has 15 N–H and O–H groups in total. The van der Waals surface area contributed by atoms with Gasteiger partial charge in [-0.15, -0.1) is 0 Å². The number of carbonyl (C=O) groups is 4. The number of aliphatic hydroxyl groups is 11. The van der Waals surface area contributed by atoms with E-state index >= 15 is 0 Å². The third-order valence-corrected chi connectivity index (χ3v) is 12.9. The molecular weight excluding hydrogens is 932 g/mol. The Morgan fingerprint density at radius 3 is 1.90 bits per heavy atom. The van der Waals surface area contributed by atoms with Gasteiger partial charge in [0.05, 0.1) is 57.3 Å². The van der Waals surface area contributed by atoms with E-state index in [0.29, 0.717) is 5.75 Å². The minimum atomic E-state index is -2.64. The minimum Gasteiger partial charge on any atom is -0.497 e. The zero-order valence-corrected chi connectivity index (χ0v) is 37.3. The molecule has 0 aliphatic carbocycles. The molecule has 2 unspecified atom stereocenters. The highest BCUT2D eigenvalue weighted by Gasteiger charge is 2.65. The molecule has 388 valence electrons. The van der Waals surface area contributed by atoms with Gasteiger partial charge in [0.1, 0.15) is 90.9 Å². The van der Waals surface area contributed by atoms with Crippen molar-refractivity contribution in [2.75, 3.05) is 33.5 Å². The SMILES string of the molecule is COc1ccc(O[C@@H]2O[C@H](CO)[C@@H](O[C@@H]3O[C@H](CO)[C@@H]4NC(=O)C5(C[C@H](O)[C@@H](NC(C)=O)[C@H]([C@H](O)[C@H]6CNC(=O)C7(C[C@H](O)[C@@H](NC(C)=O)[C@H]([C@H](O)[C@H](O)CO)O7)O6)O5)O[C@@H]4[C@H]3O)[C@H](O)[C@H]2O)cc1. The Hall–Kier alpha value is -4.02. The van der Waals surface area contributed by atoms with E-state index in [1.807, 2.05) is 0 Å². The number of nitrogens with one attached hydrogen (secondary N) is 4. The second kappa shape index (κ2) is 21.4. The average Bonchev–Trinajstić information content (AvgIpc) is 3.32. The summed E-state index contributed by atoms with van der Waals surface area (Å²) in [5.74, 6) is -8.12. The van der Waals surface area contributed by atoms with E-state index in [-0.39, 0.29) is 5.75 Å². The molecule has 28 nitrogen and oxygen atoms in total. The number of rotatable bonds is 14. The summed E-state index contributed by atoms with van der Waals surface area (Å²) >= 11 is 0. The zero-order chi connectivity index (χ0) is 50.3. The molecule has 69 heavy (non-hydrogen) atoms. The molecule has 1 aromatic rings. The first-order valence-electron chi connectivity index (χ1n) is 22.1. The molecule has 0 radical (unpaired) electrons. The molecule has 6 aliphatic rings. The molecule has 0 saturated carbocycles. The van der Waals surface area contributed by atoms with Crippen molar-refractivity contribution < 1.29 is 118 Å². The van der Waals surface area contributed by atoms with Crippen molar-refractivity contribution in [2.24, 2.45) is 0 Å². The first-order valence-corrected chi connectivity index (χ1v) is 22.1. The lowest BCUT2D eigenvalue weighted by Gasteiger charge is -2.56. The molecule has 1 aromatic carbocycles. The average molecular weight is 993 g/mol. The van der Waals surface area contributed by atoms with Crippen LogP contribution in [0.1, 0.15) is 26.7 Å². The van der Waals surface area contributed by atoms with Gasteiger partial charge in [0.25, 0.3) is 23.4 Å². The van der Waals surface area contributed by atoms with Crippen molar-refractivity contribution in [1.82, 2.24) is 21.3 Å². The highest BCUT2D eigenvalue weighted by atomic mass is 16.8. The van der Waals surface area contributed by atoms with Gasteiger partial charge in [-0.2, -0.15) is 0 Å². The smallest absolute Gasteiger partial charge is 0.280 e. The summed E-state index contributed by atoms with van der Waals surface area (Å²) in [5, 5.41) is 130. The number of aliphatic hydroxyl groups excluding tert-OH is 11. The van der Waals surface area contributed by atoms with Crippen LogP contribution >= 0.6 is 0 Å². The first kappa shape index (κ1) is 52.8. The number of carbonyl (C=O) groups excluding carboxylic acids is 4. The zero-order valence-electron chi connectivity index (χ0n) is 37.3. The van der Waals surface area contributed by atoms with Crippen molar-refractivity contribution in [3.05, 3.63) is 24.3 Å². The van der Waals surface area contributed by atoms with E-state index in [4.69, 9.17) is 42.6 Å². The maximum atomic E-state index is 14.1. The monoisotopic (exact) mass is 992 g/mol. The molecule has 6 fully saturated rings. The number of benzene rings is 1. The van der Waals surface area contributed by atoms with Crippen LogP contribution in [-0.2, 0) is 52.3 Å². The van der Waals surface area contributed by atoms with Gasteiger partial charge in [0, 0.05) is 33.2 Å². The molecule has 6 heterocycles. The Labute approximate surface area is 392 Å². The molecule has 6 saturated heterocycles. The van der Waals surface area contributed by atoms with Crippen LogP contribution in [0, 0.1) is 0 Å². The van der Waals surface area contributed by atoms with Crippen molar-refractivity contribution in [1.29, 1.82) is 0 Å². The van der Waals surface area contributed by atoms with Gasteiger partial charge in [-0.25, -0.2) is 0 Å². The largest absolute Gasteiger partial charge is 0.497 e. The molecule has 7 rings (SSSR count). The molecule has 0 bridgehead atoms. The Balaban J connectivity index is 1.12. The topological polar surface area (TPSA) is 422 Å². The quantitative estimate of drug-likeness (QED) is 0.0823. The molecule has 28 heteroatoms. The predicted octanol–water partition coefficient (Wildman–Crippen LogP) is -8.85. The van der Waals surface area contributed by atoms with Gasteiger partial charge < -0.3 is 120 Å². The minimum absolute atomic E-state index is 0.202. The van der Waals surface area contributed by atoms with Crippen LogP contribution in [0.4, 0.5) is 0 Å². The molecule has 0 aromatic heterocycles. The molecular formula is C41H60N4O24. The summed E-state index contributed by atoms with van der Waals surface area (Å²) in [6.07, 6.45) is -31.6. The number of methoxy groups -OCH3 is 1. The lowest BCUT2D eigenvalue weighted by Crippen LogP contribution is -2.78. The Bertz CT molecular complexity index is 1970. The fraction of sp³-hybridized carbons (Fsp3) is 0.756. The Kier molecular flexibility index (Phi) is 16.3. The van der Waals surface area contributed by atoms with E-state index in [1.54, 1.807) is 12.1 Å². The Morgan fingerprint density at radius 1 is 0.754 bits per heavy atom. The normalized spacial score (nSPS) is 42.6. The van der Waals surface area contributed by atoms with Gasteiger partial charge in [0.15, 0.2) is 6.29 Å². The Morgan fingerprint density at radius 2 is 1.32 bits per heavy atom. The van der Waals surface area contributed by atoms with Crippen molar-refractivity contribution >= 4 is 23.6 Å². The van der Waals surface area contributed by atoms with E-state index in [0.717, 1.165) is 13.8 Å². The number of ether oxygens (including phenoxy) is 9. The van der Waals surface area contributed by atoms with Crippen LogP contribution in [-0.4, -0.2) is 247 Å². The second-order valence-corrected chi connectivity index (χ2v) is 17.7. The lowest BCUT2D eigenvalue weighted by molar-refractivity contribution is -0.382. The van der Waals surface area contributed by atoms with Gasteiger partial charge in [0.2, 0.25) is 18.1 Å². The summed E-state index contributed by atoms with van der Waals surface area (Å²) in [4.78, 5) is 52.2. The molecule has 22 atom stereocenters. The first-order chi connectivity index (χ1) is 32.7. The third kappa shape index (κ3) is 10.5. The standard InChI is InChI=1S/C41H60N4O24/c1-14(49)43-24-18(51)8-40(67-33(24)27(54)20(53)11-46)38(59)42-10-21(66-40)28(55)34-25(44-15(2)50)19(52)9-41(68-34)39(60)45-26-22(12-47)63-37(31(58)35(26)69-41)65-32-23(13-48)64-36(30(57)29(32)56)62-17-6-4-16(61-3)5-7-17/h4-7,18-37,46-48,51-58H,8-13H2,1-3H3,(H,42,59)(H,43,49)(H,44,50)(H,45,60)/t18-,19-,20+,21+,22+,23+,24+,25+,26-,27+,28+,29+,30+,31+,32+,33+,34+,35-,36+,37-,40?,41?/m0/s1.